The highest BCUT2D eigenvalue weighted by atomic mass is 31.1. The van der Waals surface area contributed by atoms with Crippen LogP contribution in [0, 0.1) is 5.41 Å². The van der Waals surface area contributed by atoms with Crippen molar-refractivity contribution >= 4 is 14.2 Å². The lowest BCUT2D eigenvalue weighted by molar-refractivity contribution is -0.147. The number of carbonyl (C=O) groups is 1. The van der Waals surface area contributed by atoms with Gasteiger partial charge in [-0.05, 0) is 20.3 Å². The van der Waals surface area contributed by atoms with Gasteiger partial charge < -0.3 is 9.47 Å². The summed E-state index contributed by atoms with van der Waals surface area (Å²) in [5.74, 6) is -0.323. The fraction of sp³-hybridized carbons (Fsp3) is 0.706. The van der Waals surface area contributed by atoms with Crippen molar-refractivity contribution < 1.29 is 27.9 Å². The first-order valence-electron chi connectivity index (χ1n) is 9.14. The molecule has 2 heterocycles. The molecule has 154 valence electrons. The Balaban J connectivity index is 1.41. The van der Waals surface area contributed by atoms with Crippen LogP contribution in [-0.4, -0.2) is 40.4 Å². The number of H-pyrrole nitrogens is 1. The minimum atomic E-state index is -2.34. The van der Waals surface area contributed by atoms with E-state index in [4.69, 9.17) is 18.5 Å². The molecule has 3 rings (SSSR count). The van der Waals surface area contributed by atoms with Crippen LogP contribution in [0.2, 0.25) is 0 Å². The second-order valence-electron chi connectivity index (χ2n) is 7.46. The molecule has 2 aliphatic rings. The summed E-state index contributed by atoms with van der Waals surface area (Å²) in [6, 6.07) is 1.26. The maximum Gasteiger partial charge on any atom is 0.697 e. The summed E-state index contributed by atoms with van der Waals surface area (Å²) >= 11 is 0. The van der Waals surface area contributed by atoms with E-state index in [2.05, 4.69) is 4.98 Å². The van der Waals surface area contributed by atoms with Crippen LogP contribution in [0.15, 0.2) is 21.9 Å². The summed E-state index contributed by atoms with van der Waals surface area (Å²) < 4.78 is 34.7. The van der Waals surface area contributed by atoms with Gasteiger partial charge in [-0.25, -0.2) is 4.79 Å². The third-order valence-corrected chi connectivity index (χ3v) is 5.63. The van der Waals surface area contributed by atoms with Gasteiger partial charge in [0.15, 0.2) is 6.10 Å². The van der Waals surface area contributed by atoms with Gasteiger partial charge in [-0.15, -0.1) is 9.05 Å². The number of nitrogens with zero attached hydrogens (tertiary/aromatic N) is 1. The Morgan fingerprint density at radius 1 is 1.46 bits per heavy atom. The first-order chi connectivity index (χ1) is 13.2. The molecule has 28 heavy (non-hydrogen) atoms. The van der Waals surface area contributed by atoms with Gasteiger partial charge in [0.25, 0.3) is 5.56 Å². The molecule has 0 radical (unpaired) electrons. The van der Waals surface area contributed by atoms with Crippen molar-refractivity contribution in [3.8, 4) is 0 Å². The van der Waals surface area contributed by atoms with E-state index in [1.807, 2.05) is 6.92 Å². The van der Waals surface area contributed by atoms with E-state index in [1.54, 1.807) is 13.8 Å². The average Bonchev–Trinajstić information content (AvgIpc) is 2.94. The van der Waals surface area contributed by atoms with E-state index >= 15 is 0 Å². The Hall–Kier alpha value is -1.87. The molecule has 0 amide bonds. The van der Waals surface area contributed by atoms with Crippen LogP contribution in [0.5, 0.6) is 0 Å². The maximum absolute atomic E-state index is 12.0. The van der Waals surface area contributed by atoms with Gasteiger partial charge in [0.2, 0.25) is 0 Å². The molecule has 1 saturated heterocycles. The van der Waals surface area contributed by atoms with Gasteiger partial charge in [-0.3, -0.25) is 19.1 Å². The number of ether oxygens (including phenoxy) is 2. The minimum Gasteiger partial charge on any atom is -0.463 e. The van der Waals surface area contributed by atoms with Gasteiger partial charge in [0, 0.05) is 35.1 Å². The third kappa shape index (κ3) is 4.57. The summed E-state index contributed by atoms with van der Waals surface area (Å²) in [7, 11) is -2.34. The Bertz CT molecular complexity index is 865. The van der Waals surface area contributed by atoms with Crippen LogP contribution in [0.25, 0.3) is 0 Å². The zero-order valence-corrected chi connectivity index (χ0v) is 16.8. The Morgan fingerprint density at radius 3 is 2.82 bits per heavy atom. The first-order valence-corrected chi connectivity index (χ1v) is 10.2. The molecule has 11 heteroatoms. The van der Waals surface area contributed by atoms with Crippen molar-refractivity contribution in [2.24, 2.45) is 5.41 Å². The second-order valence-corrected chi connectivity index (χ2v) is 8.38. The lowest BCUT2D eigenvalue weighted by atomic mass is 10.1. The quantitative estimate of drug-likeness (QED) is 0.366. The smallest absolute Gasteiger partial charge is 0.463 e. The molecular formula is C17H24N2O8P+. The molecule has 5 atom stereocenters. The minimum absolute atomic E-state index is 0.118. The van der Waals surface area contributed by atoms with Crippen LogP contribution in [0.4, 0.5) is 0 Å². The van der Waals surface area contributed by atoms with Crippen LogP contribution >= 0.6 is 8.25 Å². The lowest BCUT2D eigenvalue weighted by Crippen LogP contribution is -2.32. The van der Waals surface area contributed by atoms with E-state index in [9.17, 15) is 18.9 Å². The van der Waals surface area contributed by atoms with E-state index < -0.39 is 31.8 Å². The molecule has 10 nitrogen and oxygen atoms in total. The zero-order chi connectivity index (χ0) is 20.5. The second kappa shape index (κ2) is 8.24. The Morgan fingerprint density at radius 2 is 2.21 bits per heavy atom. The summed E-state index contributed by atoms with van der Waals surface area (Å²) in [4.78, 5) is 36.6. The number of fused-ring (bicyclic) bond motifs is 1. The maximum atomic E-state index is 12.0. The van der Waals surface area contributed by atoms with Crippen LogP contribution < -0.4 is 11.2 Å². The molecule has 5 unspecified atom stereocenters. The average molecular weight is 415 g/mol. The van der Waals surface area contributed by atoms with E-state index in [0.717, 1.165) is 0 Å². The topological polar surface area (TPSA) is 126 Å². The molecule has 1 aliphatic heterocycles. The molecule has 0 spiro atoms. The number of rotatable bonds is 9. The van der Waals surface area contributed by atoms with Gasteiger partial charge in [0.05, 0.1) is 6.10 Å². The van der Waals surface area contributed by atoms with Crippen molar-refractivity contribution in [3.63, 3.8) is 0 Å². The SMILES string of the molecule is CC(C)OC(=O)CCCO[P+](=O)OC1C2OC(n3ccc(=O)[nH]c3=O)CC21C. The molecule has 0 aromatic carbocycles. The number of hydrogen-bond donors (Lipinski definition) is 1. The van der Waals surface area contributed by atoms with Crippen molar-refractivity contribution in [2.75, 3.05) is 6.61 Å². The van der Waals surface area contributed by atoms with Gasteiger partial charge in [-0.2, -0.15) is 0 Å². The van der Waals surface area contributed by atoms with Crippen molar-refractivity contribution in [1.82, 2.24) is 9.55 Å². The van der Waals surface area contributed by atoms with Crippen LogP contribution in [0.3, 0.4) is 0 Å². The highest BCUT2D eigenvalue weighted by Gasteiger charge is 2.73. The summed E-state index contributed by atoms with van der Waals surface area (Å²) in [6.45, 7) is 5.58. The normalized spacial score (nSPS) is 28.9. The number of hydrogen-bond acceptors (Lipinski definition) is 8. The summed E-state index contributed by atoms with van der Waals surface area (Å²) in [5, 5.41) is 0. The van der Waals surface area contributed by atoms with Crippen LogP contribution in [0.1, 0.15) is 46.3 Å². The summed E-state index contributed by atoms with van der Waals surface area (Å²) in [6.07, 6.45) is 1.07. The molecule has 1 aromatic heterocycles. The fourth-order valence-electron chi connectivity index (χ4n) is 3.33. The molecule has 1 aliphatic carbocycles. The number of aromatic amines is 1. The number of aromatic nitrogens is 2. The van der Waals surface area contributed by atoms with Crippen LogP contribution in [-0.2, 0) is 27.9 Å². The number of esters is 1. The van der Waals surface area contributed by atoms with Crippen molar-refractivity contribution in [1.29, 1.82) is 0 Å². The summed E-state index contributed by atoms with van der Waals surface area (Å²) in [5.41, 5.74) is -1.39. The van der Waals surface area contributed by atoms with E-state index in [1.165, 1.54) is 16.8 Å². The largest absolute Gasteiger partial charge is 0.697 e. The zero-order valence-electron chi connectivity index (χ0n) is 16.0. The number of carbonyl (C=O) groups excluding carboxylic acids is 1. The van der Waals surface area contributed by atoms with E-state index in [-0.39, 0.29) is 36.6 Å². The fourth-order valence-corrected chi connectivity index (χ4v) is 4.20. The molecule has 1 N–H and O–H groups in total. The van der Waals surface area contributed by atoms with Gasteiger partial charge >= 0.3 is 19.9 Å². The highest BCUT2D eigenvalue weighted by Crippen LogP contribution is 2.63. The predicted molar refractivity (Wildman–Crippen MR) is 96.9 cm³/mol. The molecular weight excluding hydrogens is 391 g/mol. The number of nitrogens with one attached hydrogen (secondary N) is 1. The lowest BCUT2D eigenvalue weighted by Gasteiger charge is -2.17. The Labute approximate surface area is 162 Å². The first kappa shape index (κ1) is 20.9. The molecule has 0 bridgehead atoms. The highest BCUT2D eigenvalue weighted by molar-refractivity contribution is 7.33. The predicted octanol–water partition coefficient (Wildman–Crippen LogP) is 1.63. The molecule has 1 saturated carbocycles. The van der Waals surface area contributed by atoms with E-state index in [0.29, 0.717) is 12.8 Å². The van der Waals surface area contributed by atoms with Crippen molar-refractivity contribution in [2.45, 2.75) is 64.6 Å². The molecule has 1 aromatic rings. The third-order valence-electron chi connectivity index (χ3n) is 4.83. The molecule has 2 fully saturated rings. The van der Waals surface area contributed by atoms with Crippen molar-refractivity contribution in [3.05, 3.63) is 33.1 Å². The standard InChI is InChI=1S/C17H23N2O8P/c1-10(2)25-13(21)5-4-8-24-28(23)27-15-14-17(15,3)9-12(26-14)19-7-6-11(20)18-16(19)22/h6-7,10,12,14-15H,4-5,8-9H2,1-3H3/p+1. The Kier molecular flexibility index (Phi) is 6.14. The van der Waals surface area contributed by atoms with Gasteiger partial charge in [0.1, 0.15) is 18.9 Å². The van der Waals surface area contributed by atoms with Gasteiger partial charge in [-0.1, -0.05) is 6.92 Å². The monoisotopic (exact) mass is 415 g/mol.